The summed E-state index contributed by atoms with van der Waals surface area (Å²) in [6.07, 6.45) is 0. The molecule has 0 aromatic heterocycles. The van der Waals surface area contributed by atoms with Crippen LogP contribution in [0.15, 0.2) is 45.8 Å². The Morgan fingerprint density at radius 1 is 1.18 bits per heavy atom. The number of nitrogens with one attached hydrogen (secondary N) is 1. The van der Waals surface area contributed by atoms with Crippen molar-refractivity contribution >= 4 is 37.6 Å². The van der Waals surface area contributed by atoms with Crippen molar-refractivity contribution in [2.75, 3.05) is 0 Å². The van der Waals surface area contributed by atoms with Crippen molar-refractivity contribution in [3.05, 3.63) is 63.1 Å². The van der Waals surface area contributed by atoms with Crippen molar-refractivity contribution in [2.24, 2.45) is 0 Å². The highest BCUT2D eigenvalue weighted by Crippen LogP contribution is 2.27. The van der Waals surface area contributed by atoms with Crippen LogP contribution in [0.2, 0.25) is 5.02 Å². The molecule has 0 saturated carbocycles. The summed E-state index contributed by atoms with van der Waals surface area (Å²) in [4.78, 5) is -0.119. The number of benzene rings is 2. The maximum atomic E-state index is 13.7. The summed E-state index contributed by atoms with van der Waals surface area (Å²) < 4.78 is 54.2. The summed E-state index contributed by atoms with van der Waals surface area (Å²) >= 11 is 9.10. The summed E-state index contributed by atoms with van der Waals surface area (Å²) in [5, 5.41) is 0.0358. The van der Waals surface area contributed by atoms with E-state index < -0.39 is 27.7 Å². The fraction of sp³-hybridized carbons (Fsp3) is 0.143. The number of rotatable bonds is 4. The second-order valence-electron chi connectivity index (χ2n) is 4.58. The first-order valence-corrected chi connectivity index (χ1v) is 8.78. The number of hydrogen-bond acceptors (Lipinski definition) is 2. The van der Waals surface area contributed by atoms with E-state index in [4.69, 9.17) is 11.6 Å². The van der Waals surface area contributed by atoms with E-state index in [1.54, 1.807) is 0 Å². The van der Waals surface area contributed by atoms with Gasteiger partial charge >= 0.3 is 0 Å². The Morgan fingerprint density at radius 3 is 2.45 bits per heavy atom. The predicted molar refractivity (Wildman–Crippen MR) is 84.2 cm³/mol. The molecule has 1 N–H and O–H groups in total. The van der Waals surface area contributed by atoms with Gasteiger partial charge in [0, 0.05) is 22.1 Å². The van der Waals surface area contributed by atoms with Gasteiger partial charge in [-0.1, -0.05) is 33.6 Å². The highest BCUT2D eigenvalue weighted by molar-refractivity contribution is 9.10. The van der Waals surface area contributed by atoms with E-state index in [0.29, 0.717) is 10.5 Å². The van der Waals surface area contributed by atoms with Crippen molar-refractivity contribution in [3.63, 3.8) is 0 Å². The summed E-state index contributed by atoms with van der Waals surface area (Å²) in [5.74, 6) is -1.55. The zero-order valence-corrected chi connectivity index (χ0v) is 14.4. The van der Waals surface area contributed by atoms with Crippen molar-refractivity contribution < 1.29 is 17.2 Å². The molecular weight excluding hydrogens is 400 g/mol. The quantitative estimate of drug-likeness (QED) is 0.811. The van der Waals surface area contributed by atoms with Crippen LogP contribution in [-0.4, -0.2) is 8.42 Å². The van der Waals surface area contributed by atoms with Gasteiger partial charge in [-0.05, 0) is 31.2 Å². The third-order valence-corrected chi connectivity index (χ3v) is 5.46. The third kappa shape index (κ3) is 3.84. The molecule has 0 aliphatic carbocycles. The summed E-state index contributed by atoms with van der Waals surface area (Å²) in [6.45, 7) is 1.46. The Labute approximate surface area is 140 Å². The number of hydrogen-bond donors (Lipinski definition) is 1. The molecule has 118 valence electrons. The minimum atomic E-state index is -3.95. The number of halogens is 4. The zero-order valence-electron chi connectivity index (χ0n) is 11.3. The van der Waals surface area contributed by atoms with E-state index in [1.165, 1.54) is 31.2 Å². The van der Waals surface area contributed by atoms with Crippen molar-refractivity contribution in [1.82, 2.24) is 4.72 Å². The first-order chi connectivity index (χ1) is 10.2. The second kappa shape index (κ2) is 6.62. The molecule has 0 amide bonds. The molecule has 2 aromatic carbocycles. The smallest absolute Gasteiger partial charge is 0.207 e. The molecule has 0 heterocycles. The van der Waals surface area contributed by atoms with Gasteiger partial charge in [-0.25, -0.2) is 21.9 Å². The molecular formula is C14H11BrClF2NO2S. The third-order valence-electron chi connectivity index (χ3n) is 2.94. The monoisotopic (exact) mass is 409 g/mol. The van der Waals surface area contributed by atoms with Gasteiger partial charge in [-0.3, -0.25) is 0 Å². The van der Waals surface area contributed by atoms with Crippen LogP contribution < -0.4 is 4.72 Å². The van der Waals surface area contributed by atoms with Crippen molar-refractivity contribution in [3.8, 4) is 0 Å². The molecule has 3 nitrogen and oxygen atoms in total. The van der Waals surface area contributed by atoms with Crippen LogP contribution in [0.25, 0.3) is 0 Å². The van der Waals surface area contributed by atoms with Gasteiger partial charge in [0.15, 0.2) is 0 Å². The van der Waals surface area contributed by atoms with Gasteiger partial charge in [0.25, 0.3) is 0 Å². The molecule has 0 aliphatic heterocycles. The van der Waals surface area contributed by atoms with Crippen LogP contribution in [-0.2, 0) is 10.0 Å². The lowest BCUT2D eigenvalue weighted by molar-refractivity contribution is 0.540. The molecule has 0 bridgehead atoms. The normalized spacial score (nSPS) is 13.1. The van der Waals surface area contributed by atoms with E-state index in [9.17, 15) is 17.2 Å². The molecule has 0 radical (unpaired) electrons. The highest BCUT2D eigenvalue weighted by atomic mass is 79.9. The molecule has 0 aliphatic rings. The summed E-state index contributed by atoms with van der Waals surface area (Å²) in [5.41, 5.74) is 0.0400. The Morgan fingerprint density at radius 2 is 1.86 bits per heavy atom. The molecule has 2 rings (SSSR count). The van der Waals surface area contributed by atoms with Gasteiger partial charge in [-0.15, -0.1) is 0 Å². The molecule has 0 unspecified atom stereocenters. The van der Waals surface area contributed by atoms with Crippen LogP contribution in [0.3, 0.4) is 0 Å². The Balaban J connectivity index is 2.31. The maximum absolute atomic E-state index is 13.7. The average molecular weight is 411 g/mol. The van der Waals surface area contributed by atoms with E-state index in [1.807, 2.05) is 0 Å². The lowest BCUT2D eigenvalue weighted by Crippen LogP contribution is -2.27. The van der Waals surface area contributed by atoms with Crippen LogP contribution >= 0.6 is 27.5 Å². The Hall–Kier alpha value is -1.02. The topological polar surface area (TPSA) is 46.2 Å². The molecule has 2 aromatic rings. The lowest BCUT2D eigenvalue weighted by atomic mass is 10.1. The van der Waals surface area contributed by atoms with Gasteiger partial charge in [0.2, 0.25) is 10.0 Å². The molecule has 8 heteroatoms. The predicted octanol–water partition coefficient (Wildman–Crippen LogP) is 4.42. The SMILES string of the molecule is C[C@@H](NS(=O)(=O)c1ccc(Br)cc1Cl)c1ccc(F)cc1F. The van der Waals surface area contributed by atoms with Gasteiger partial charge < -0.3 is 0 Å². The second-order valence-corrected chi connectivity index (χ2v) is 7.59. The van der Waals surface area contributed by atoms with Gasteiger partial charge in [0.1, 0.15) is 16.5 Å². The van der Waals surface area contributed by atoms with Crippen molar-refractivity contribution in [2.45, 2.75) is 17.9 Å². The van der Waals surface area contributed by atoms with E-state index in [-0.39, 0.29) is 15.5 Å². The van der Waals surface area contributed by atoms with E-state index in [0.717, 1.165) is 6.07 Å². The fourth-order valence-electron chi connectivity index (χ4n) is 1.91. The molecule has 0 saturated heterocycles. The Bertz CT molecular complexity index is 814. The fourth-order valence-corrected chi connectivity index (χ4v) is 4.17. The summed E-state index contributed by atoms with van der Waals surface area (Å²) in [7, 11) is -3.95. The first-order valence-electron chi connectivity index (χ1n) is 6.13. The maximum Gasteiger partial charge on any atom is 0.242 e. The van der Waals surface area contributed by atoms with Crippen LogP contribution in [0.4, 0.5) is 8.78 Å². The minimum absolute atomic E-state index is 0.0358. The van der Waals surface area contributed by atoms with Crippen LogP contribution in [0, 0.1) is 11.6 Å². The summed E-state index contributed by atoms with van der Waals surface area (Å²) in [6, 6.07) is 6.39. The first kappa shape index (κ1) is 17.3. The molecule has 0 spiro atoms. The largest absolute Gasteiger partial charge is 0.242 e. The number of sulfonamides is 1. The van der Waals surface area contributed by atoms with Crippen molar-refractivity contribution in [1.29, 1.82) is 0 Å². The average Bonchev–Trinajstić information content (AvgIpc) is 2.37. The van der Waals surface area contributed by atoms with Crippen LogP contribution in [0.5, 0.6) is 0 Å². The highest BCUT2D eigenvalue weighted by Gasteiger charge is 2.22. The Kier molecular flexibility index (Phi) is 5.21. The standard InChI is InChI=1S/C14H11BrClF2NO2S/c1-8(11-4-3-10(17)7-13(11)18)19-22(20,21)14-5-2-9(15)6-12(14)16/h2-8,19H,1H3/t8-/m1/s1. The molecule has 0 fully saturated rings. The molecule has 22 heavy (non-hydrogen) atoms. The van der Waals surface area contributed by atoms with E-state index in [2.05, 4.69) is 20.7 Å². The minimum Gasteiger partial charge on any atom is -0.207 e. The van der Waals surface area contributed by atoms with Gasteiger partial charge in [0.05, 0.1) is 5.02 Å². The van der Waals surface area contributed by atoms with Gasteiger partial charge in [-0.2, -0.15) is 0 Å². The molecule has 1 atom stereocenters. The zero-order chi connectivity index (χ0) is 16.5. The van der Waals surface area contributed by atoms with Crippen LogP contribution in [0.1, 0.15) is 18.5 Å². The van der Waals surface area contributed by atoms with E-state index >= 15 is 0 Å². The lowest BCUT2D eigenvalue weighted by Gasteiger charge is -2.16.